The summed E-state index contributed by atoms with van der Waals surface area (Å²) in [7, 11) is -3.77. The molecule has 0 radical (unpaired) electrons. The van der Waals surface area contributed by atoms with Gasteiger partial charge < -0.3 is 14.2 Å². The molecule has 0 atom stereocenters. The maximum Gasteiger partial charge on any atom is 0.261 e. The third-order valence-corrected chi connectivity index (χ3v) is 5.70. The quantitative estimate of drug-likeness (QED) is 0.651. The highest BCUT2D eigenvalue weighted by atomic mass is 35.5. The molecule has 0 aliphatic carbocycles. The first kappa shape index (κ1) is 18.5. The number of hydrogen-bond donors (Lipinski definition) is 1. The Balaban J connectivity index is 1.51. The van der Waals surface area contributed by atoms with E-state index in [9.17, 15) is 8.42 Å². The zero-order valence-electron chi connectivity index (χ0n) is 14.6. The van der Waals surface area contributed by atoms with Crippen molar-refractivity contribution < 1.29 is 22.6 Å². The Morgan fingerprint density at radius 2 is 1.61 bits per heavy atom. The molecule has 1 N–H and O–H groups in total. The van der Waals surface area contributed by atoms with Crippen LogP contribution in [-0.2, 0) is 10.0 Å². The first-order valence-corrected chi connectivity index (χ1v) is 10.3. The Labute approximate surface area is 167 Å². The third-order valence-electron chi connectivity index (χ3n) is 3.99. The van der Waals surface area contributed by atoms with Crippen molar-refractivity contribution in [2.45, 2.75) is 4.90 Å². The fourth-order valence-electron chi connectivity index (χ4n) is 2.66. The average molecular weight is 418 g/mol. The second-order valence-electron chi connectivity index (χ2n) is 5.97. The predicted molar refractivity (Wildman–Crippen MR) is 106 cm³/mol. The minimum Gasteiger partial charge on any atom is -0.486 e. The molecular weight excluding hydrogens is 402 g/mol. The monoisotopic (exact) mass is 417 g/mol. The van der Waals surface area contributed by atoms with Gasteiger partial charge in [0.05, 0.1) is 15.6 Å². The summed E-state index contributed by atoms with van der Waals surface area (Å²) in [4.78, 5) is 0.105. The SMILES string of the molecule is O=S(=O)(Nc1ccc2c(c1)OCCO2)c1ccc(Oc2ccccc2Cl)cc1. The van der Waals surface area contributed by atoms with E-state index in [1.165, 1.54) is 12.1 Å². The molecule has 0 bridgehead atoms. The second-order valence-corrected chi connectivity index (χ2v) is 8.06. The van der Waals surface area contributed by atoms with Crippen LogP contribution in [0.1, 0.15) is 0 Å². The Bertz CT molecular complexity index is 1100. The molecule has 3 aromatic rings. The van der Waals surface area contributed by atoms with Crippen molar-refractivity contribution in [3.63, 3.8) is 0 Å². The fraction of sp³-hybridized carbons (Fsp3) is 0.100. The molecule has 1 heterocycles. The van der Waals surface area contributed by atoms with E-state index >= 15 is 0 Å². The van der Waals surface area contributed by atoms with Crippen LogP contribution in [0.3, 0.4) is 0 Å². The van der Waals surface area contributed by atoms with Crippen LogP contribution >= 0.6 is 11.6 Å². The number of nitrogens with one attached hydrogen (secondary N) is 1. The fourth-order valence-corrected chi connectivity index (χ4v) is 3.89. The molecule has 0 unspecified atom stereocenters. The average Bonchev–Trinajstić information content (AvgIpc) is 2.70. The molecule has 6 nitrogen and oxygen atoms in total. The Morgan fingerprint density at radius 3 is 2.36 bits per heavy atom. The summed E-state index contributed by atoms with van der Waals surface area (Å²) in [5, 5.41) is 0.472. The van der Waals surface area contributed by atoms with Gasteiger partial charge in [-0.15, -0.1) is 0 Å². The number of anilines is 1. The lowest BCUT2D eigenvalue weighted by molar-refractivity contribution is 0.171. The molecule has 0 saturated heterocycles. The standard InChI is InChI=1S/C20H16ClNO5S/c21-17-3-1-2-4-18(17)27-15-6-8-16(9-7-15)28(23,24)22-14-5-10-19-20(13-14)26-12-11-25-19/h1-10,13,22H,11-12H2. The van der Waals surface area contributed by atoms with Gasteiger partial charge in [-0.2, -0.15) is 0 Å². The summed E-state index contributed by atoms with van der Waals surface area (Å²) in [6.45, 7) is 0.900. The summed E-state index contributed by atoms with van der Waals surface area (Å²) >= 11 is 6.07. The van der Waals surface area contributed by atoms with Crippen molar-refractivity contribution in [1.82, 2.24) is 0 Å². The topological polar surface area (TPSA) is 73.9 Å². The molecule has 1 aliphatic rings. The van der Waals surface area contributed by atoms with Crippen LogP contribution < -0.4 is 18.9 Å². The van der Waals surface area contributed by atoms with Crippen LogP contribution in [0, 0.1) is 0 Å². The zero-order valence-corrected chi connectivity index (χ0v) is 16.2. The van der Waals surface area contributed by atoms with Gasteiger partial charge in [-0.25, -0.2) is 8.42 Å². The summed E-state index contributed by atoms with van der Waals surface area (Å²) < 4.78 is 44.4. The van der Waals surface area contributed by atoms with E-state index in [2.05, 4.69) is 4.72 Å². The molecule has 0 spiro atoms. The van der Waals surface area contributed by atoms with Gasteiger partial charge in [-0.1, -0.05) is 23.7 Å². The first-order valence-electron chi connectivity index (χ1n) is 8.46. The zero-order chi connectivity index (χ0) is 19.6. The van der Waals surface area contributed by atoms with Crippen molar-refractivity contribution in [2.24, 2.45) is 0 Å². The van der Waals surface area contributed by atoms with Crippen molar-refractivity contribution >= 4 is 27.3 Å². The summed E-state index contributed by atoms with van der Waals surface area (Å²) in [5.41, 5.74) is 0.389. The maximum atomic E-state index is 12.6. The van der Waals surface area contributed by atoms with Crippen LogP contribution in [0.2, 0.25) is 5.02 Å². The highest BCUT2D eigenvalue weighted by Crippen LogP contribution is 2.34. The number of ether oxygens (including phenoxy) is 3. The Morgan fingerprint density at radius 1 is 0.893 bits per heavy atom. The summed E-state index contributed by atoms with van der Waals surface area (Å²) in [6.07, 6.45) is 0. The molecule has 3 aromatic carbocycles. The molecule has 28 heavy (non-hydrogen) atoms. The van der Waals surface area contributed by atoms with Gasteiger partial charge in [0.1, 0.15) is 24.7 Å². The molecule has 0 amide bonds. The summed E-state index contributed by atoms with van der Waals surface area (Å²) in [6, 6.07) is 18.0. The van der Waals surface area contributed by atoms with Crippen LogP contribution in [0.4, 0.5) is 5.69 Å². The van der Waals surface area contributed by atoms with E-state index < -0.39 is 10.0 Å². The van der Waals surface area contributed by atoms with Gasteiger partial charge in [0.25, 0.3) is 10.0 Å². The summed E-state index contributed by atoms with van der Waals surface area (Å²) in [5.74, 6) is 2.07. The molecule has 144 valence electrons. The lowest BCUT2D eigenvalue weighted by Crippen LogP contribution is -2.16. The van der Waals surface area contributed by atoms with Crippen molar-refractivity contribution in [3.8, 4) is 23.0 Å². The van der Waals surface area contributed by atoms with Gasteiger partial charge in [0, 0.05) is 6.07 Å². The number of hydrogen-bond acceptors (Lipinski definition) is 5. The maximum absolute atomic E-state index is 12.6. The van der Waals surface area contributed by atoms with Crippen LogP contribution in [0.25, 0.3) is 0 Å². The molecule has 8 heteroatoms. The second kappa shape index (κ2) is 7.61. The minimum atomic E-state index is -3.77. The van der Waals surface area contributed by atoms with Crippen molar-refractivity contribution in [2.75, 3.05) is 17.9 Å². The van der Waals surface area contributed by atoms with Gasteiger partial charge in [-0.05, 0) is 48.5 Å². The van der Waals surface area contributed by atoms with Gasteiger partial charge in [0.15, 0.2) is 11.5 Å². The number of sulfonamides is 1. The van der Waals surface area contributed by atoms with Gasteiger partial charge in [0.2, 0.25) is 0 Å². The molecular formula is C20H16ClNO5S. The van der Waals surface area contributed by atoms with E-state index in [1.807, 2.05) is 0 Å². The van der Waals surface area contributed by atoms with Crippen molar-refractivity contribution in [3.05, 3.63) is 71.8 Å². The largest absolute Gasteiger partial charge is 0.486 e. The highest BCUT2D eigenvalue weighted by Gasteiger charge is 2.17. The Kier molecular flexibility index (Phi) is 5.02. The van der Waals surface area contributed by atoms with Crippen LogP contribution in [0.15, 0.2) is 71.6 Å². The molecule has 0 aromatic heterocycles. The van der Waals surface area contributed by atoms with E-state index in [1.54, 1.807) is 54.6 Å². The number of para-hydroxylation sites is 1. The Hall–Kier alpha value is -2.90. The smallest absolute Gasteiger partial charge is 0.261 e. The van der Waals surface area contributed by atoms with E-state index in [-0.39, 0.29) is 4.90 Å². The van der Waals surface area contributed by atoms with Gasteiger partial charge in [-0.3, -0.25) is 4.72 Å². The van der Waals surface area contributed by atoms with Crippen molar-refractivity contribution in [1.29, 1.82) is 0 Å². The van der Waals surface area contributed by atoms with Crippen LogP contribution in [-0.4, -0.2) is 21.6 Å². The third kappa shape index (κ3) is 4.00. The lowest BCUT2D eigenvalue weighted by Gasteiger charge is -2.19. The number of rotatable bonds is 5. The molecule has 0 saturated carbocycles. The lowest BCUT2D eigenvalue weighted by atomic mass is 10.3. The number of fused-ring (bicyclic) bond motifs is 1. The molecule has 0 fully saturated rings. The number of benzene rings is 3. The highest BCUT2D eigenvalue weighted by molar-refractivity contribution is 7.92. The van der Waals surface area contributed by atoms with E-state index in [0.717, 1.165) is 0 Å². The molecule has 4 rings (SSSR count). The van der Waals surface area contributed by atoms with E-state index in [4.69, 9.17) is 25.8 Å². The first-order chi connectivity index (χ1) is 13.5. The normalized spacial score (nSPS) is 13.0. The van der Waals surface area contributed by atoms with Crippen LogP contribution in [0.5, 0.6) is 23.0 Å². The molecule has 1 aliphatic heterocycles. The van der Waals surface area contributed by atoms with Gasteiger partial charge >= 0.3 is 0 Å². The number of halogens is 1. The minimum absolute atomic E-state index is 0.105. The van der Waals surface area contributed by atoms with E-state index in [0.29, 0.717) is 46.9 Å². The predicted octanol–water partition coefficient (Wildman–Crippen LogP) is 4.70.